The molecule has 23 heavy (non-hydrogen) atoms. The predicted octanol–water partition coefficient (Wildman–Crippen LogP) is 1.63. The second kappa shape index (κ2) is 7.19. The van der Waals surface area contributed by atoms with Crippen molar-refractivity contribution < 1.29 is 9.53 Å². The Balaban J connectivity index is 1.56. The first-order chi connectivity index (χ1) is 11.2. The third-order valence-corrected chi connectivity index (χ3v) is 3.72. The number of ether oxygens (including phenoxy) is 1. The van der Waals surface area contributed by atoms with Gasteiger partial charge in [0.25, 0.3) is 5.91 Å². The van der Waals surface area contributed by atoms with Crippen LogP contribution in [0, 0.1) is 0 Å². The fourth-order valence-corrected chi connectivity index (χ4v) is 2.50. The maximum absolute atomic E-state index is 12.0. The highest BCUT2D eigenvalue weighted by molar-refractivity contribution is 5.92. The van der Waals surface area contributed by atoms with Crippen LogP contribution in [0.3, 0.4) is 0 Å². The zero-order valence-electron chi connectivity index (χ0n) is 13.1. The van der Waals surface area contributed by atoms with Crippen molar-refractivity contribution in [1.82, 2.24) is 15.3 Å². The molecule has 0 spiro atoms. The minimum absolute atomic E-state index is 0.184. The van der Waals surface area contributed by atoms with E-state index >= 15 is 0 Å². The maximum Gasteiger partial charge on any atom is 0.270 e. The molecule has 6 nitrogen and oxygen atoms in total. The molecule has 120 valence electrons. The molecule has 3 rings (SSSR count). The predicted molar refractivity (Wildman–Crippen MR) is 87.3 cm³/mol. The summed E-state index contributed by atoms with van der Waals surface area (Å²) >= 11 is 0. The second-order valence-corrected chi connectivity index (χ2v) is 5.55. The van der Waals surface area contributed by atoms with Gasteiger partial charge in [0.1, 0.15) is 11.5 Å². The molecule has 0 aliphatic carbocycles. The van der Waals surface area contributed by atoms with E-state index in [-0.39, 0.29) is 12.0 Å². The fraction of sp³-hybridized carbons (Fsp3) is 0.353. The zero-order valence-corrected chi connectivity index (χ0v) is 13.1. The van der Waals surface area contributed by atoms with Crippen LogP contribution < -0.4 is 10.2 Å². The van der Waals surface area contributed by atoms with Crippen LogP contribution in [0.15, 0.2) is 42.7 Å². The summed E-state index contributed by atoms with van der Waals surface area (Å²) in [6.07, 6.45) is 3.63. The molecule has 0 saturated carbocycles. The van der Waals surface area contributed by atoms with Crippen molar-refractivity contribution in [2.24, 2.45) is 0 Å². The van der Waals surface area contributed by atoms with E-state index in [0.29, 0.717) is 12.2 Å². The van der Waals surface area contributed by atoms with Crippen LogP contribution in [0.5, 0.6) is 0 Å². The molecule has 3 heterocycles. The van der Waals surface area contributed by atoms with Crippen molar-refractivity contribution in [1.29, 1.82) is 0 Å². The Morgan fingerprint density at radius 2 is 2.26 bits per heavy atom. The molecule has 1 atom stereocenters. The van der Waals surface area contributed by atoms with E-state index in [1.54, 1.807) is 30.6 Å². The first-order valence-corrected chi connectivity index (χ1v) is 7.73. The number of rotatable bonds is 4. The molecule has 2 aromatic heterocycles. The van der Waals surface area contributed by atoms with Crippen molar-refractivity contribution >= 4 is 11.7 Å². The summed E-state index contributed by atoms with van der Waals surface area (Å²) in [7, 11) is 0. The number of carbonyl (C=O) groups excluding carboxylic acids is 1. The number of amides is 1. The number of hydrogen-bond acceptors (Lipinski definition) is 5. The highest BCUT2D eigenvalue weighted by atomic mass is 16.5. The highest BCUT2D eigenvalue weighted by Crippen LogP contribution is 2.15. The summed E-state index contributed by atoms with van der Waals surface area (Å²) in [5.41, 5.74) is 1.37. The Hall–Kier alpha value is -2.47. The van der Waals surface area contributed by atoms with Gasteiger partial charge in [-0.1, -0.05) is 12.1 Å². The van der Waals surface area contributed by atoms with Gasteiger partial charge in [-0.25, -0.2) is 4.98 Å². The lowest BCUT2D eigenvalue weighted by molar-refractivity contribution is 0.0529. The smallest absolute Gasteiger partial charge is 0.270 e. The lowest BCUT2D eigenvalue weighted by Gasteiger charge is -2.32. The molecule has 1 saturated heterocycles. The number of nitrogens with zero attached hydrogens (tertiary/aromatic N) is 3. The average molecular weight is 312 g/mol. The normalized spacial score (nSPS) is 17.8. The molecule has 2 aromatic rings. The fourth-order valence-electron chi connectivity index (χ4n) is 2.50. The molecule has 1 N–H and O–H groups in total. The van der Waals surface area contributed by atoms with Gasteiger partial charge in [-0.05, 0) is 30.7 Å². The van der Waals surface area contributed by atoms with Crippen LogP contribution in [-0.4, -0.2) is 41.7 Å². The van der Waals surface area contributed by atoms with Crippen LogP contribution in [0.4, 0.5) is 5.82 Å². The summed E-state index contributed by atoms with van der Waals surface area (Å²) in [6, 6.07) is 9.24. The van der Waals surface area contributed by atoms with Gasteiger partial charge in [0.2, 0.25) is 0 Å². The molecule has 1 aliphatic heterocycles. The molecular weight excluding hydrogens is 292 g/mol. The Morgan fingerprint density at radius 1 is 1.35 bits per heavy atom. The minimum atomic E-state index is -0.184. The number of anilines is 1. The van der Waals surface area contributed by atoms with E-state index in [0.717, 1.165) is 31.1 Å². The standard InChI is InChI=1S/C17H20N4O2/c1-13-12-21(8-9-23-13)16-6-5-14(10-19-16)11-20-17(22)15-4-2-3-7-18-15/h2-7,10,13H,8-9,11-12H2,1H3,(H,20,22)/t13-/m1/s1. The van der Waals surface area contributed by atoms with Gasteiger partial charge in [0.15, 0.2) is 0 Å². The Kier molecular flexibility index (Phi) is 4.83. The zero-order chi connectivity index (χ0) is 16.1. The minimum Gasteiger partial charge on any atom is -0.375 e. The molecular formula is C17H20N4O2. The van der Waals surface area contributed by atoms with Crippen LogP contribution in [-0.2, 0) is 11.3 Å². The van der Waals surface area contributed by atoms with Gasteiger partial charge in [-0.15, -0.1) is 0 Å². The van der Waals surface area contributed by atoms with Gasteiger partial charge in [-0.2, -0.15) is 0 Å². The Morgan fingerprint density at radius 3 is 2.96 bits per heavy atom. The van der Waals surface area contributed by atoms with Crippen molar-refractivity contribution in [2.75, 3.05) is 24.6 Å². The number of carbonyl (C=O) groups is 1. The summed E-state index contributed by atoms with van der Waals surface area (Å²) < 4.78 is 5.54. The molecule has 0 aromatic carbocycles. The van der Waals surface area contributed by atoms with E-state index in [2.05, 4.69) is 27.1 Å². The van der Waals surface area contributed by atoms with Crippen LogP contribution in [0.25, 0.3) is 0 Å². The van der Waals surface area contributed by atoms with Crippen molar-refractivity contribution in [3.63, 3.8) is 0 Å². The number of hydrogen-bond donors (Lipinski definition) is 1. The summed E-state index contributed by atoms with van der Waals surface area (Å²) in [5.74, 6) is 0.761. The lowest BCUT2D eigenvalue weighted by atomic mass is 10.2. The van der Waals surface area contributed by atoms with Gasteiger partial charge < -0.3 is 15.0 Å². The molecule has 1 fully saturated rings. The number of pyridine rings is 2. The Bertz CT molecular complexity index is 645. The number of aromatic nitrogens is 2. The third kappa shape index (κ3) is 4.04. The molecule has 0 unspecified atom stereocenters. The molecule has 0 bridgehead atoms. The largest absolute Gasteiger partial charge is 0.375 e. The third-order valence-electron chi connectivity index (χ3n) is 3.72. The van der Waals surface area contributed by atoms with E-state index in [1.807, 2.05) is 12.1 Å². The van der Waals surface area contributed by atoms with Crippen molar-refractivity contribution in [3.05, 3.63) is 54.0 Å². The lowest BCUT2D eigenvalue weighted by Crippen LogP contribution is -2.41. The molecule has 1 aliphatic rings. The van der Waals surface area contributed by atoms with E-state index < -0.39 is 0 Å². The van der Waals surface area contributed by atoms with Crippen LogP contribution in [0.1, 0.15) is 23.0 Å². The van der Waals surface area contributed by atoms with Crippen molar-refractivity contribution in [3.8, 4) is 0 Å². The maximum atomic E-state index is 12.0. The van der Waals surface area contributed by atoms with Crippen LogP contribution in [0.2, 0.25) is 0 Å². The quantitative estimate of drug-likeness (QED) is 0.929. The number of nitrogens with one attached hydrogen (secondary N) is 1. The summed E-state index contributed by atoms with van der Waals surface area (Å²) in [4.78, 5) is 22.7. The molecule has 6 heteroatoms. The van der Waals surface area contributed by atoms with Gasteiger partial charge >= 0.3 is 0 Å². The monoisotopic (exact) mass is 312 g/mol. The van der Waals surface area contributed by atoms with Gasteiger partial charge in [0.05, 0.1) is 12.7 Å². The SMILES string of the molecule is C[C@@H]1CN(c2ccc(CNC(=O)c3ccccn3)cn2)CCO1. The highest BCUT2D eigenvalue weighted by Gasteiger charge is 2.17. The van der Waals surface area contributed by atoms with Crippen molar-refractivity contribution in [2.45, 2.75) is 19.6 Å². The van der Waals surface area contributed by atoms with E-state index in [9.17, 15) is 4.79 Å². The Labute approximate surface area is 135 Å². The first kappa shape index (κ1) is 15.4. The molecule has 1 amide bonds. The topological polar surface area (TPSA) is 67.4 Å². The summed E-state index contributed by atoms with van der Waals surface area (Å²) in [6.45, 7) is 4.93. The van der Waals surface area contributed by atoms with Gasteiger partial charge in [0, 0.05) is 32.0 Å². The van der Waals surface area contributed by atoms with E-state index in [4.69, 9.17) is 4.74 Å². The molecule has 0 radical (unpaired) electrons. The second-order valence-electron chi connectivity index (χ2n) is 5.55. The summed E-state index contributed by atoms with van der Waals surface area (Å²) in [5, 5.41) is 2.85. The first-order valence-electron chi connectivity index (χ1n) is 7.73. The van der Waals surface area contributed by atoms with Gasteiger partial charge in [-0.3, -0.25) is 9.78 Å². The van der Waals surface area contributed by atoms with E-state index in [1.165, 1.54) is 0 Å². The van der Waals surface area contributed by atoms with Crippen LogP contribution >= 0.6 is 0 Å². The number of morpholine rings is 1. The average Bonchev–Trinajstić information content (AvgIpc) is 2.61.